The van der Waals surface area contributed by atoms with Gasteiger partial charge in [-0.15, -0.1) is 0 Å². The van der Waals surface area contributed by atoms with Crippen LogP contribution in [0.2, 0.25) is 5.02 Å². The van der Waals surface area contributed by atoms with Gasteiger partial charge in [-0.1, -0.05) is 65.4 Å². The molecule has 8 heteroatoms. The number of carbonyl (C=O) groups is 1. The number of ether oxygens (including phenoxy) is 2. The van der Waals surface area contributed by atoms with Crippen LogP contribution >= 0.6 is 22.9 Å². The van der Waals surface area contributed by atoms with E-state index in [4.69, 9.17) is 26.1 Å². The monoisotopic (exact) mass is 607 g/mol. The molecule has 1 fully saturated rings. The zero-order valence-electron chi connectivity index (χ0n) is 23.8. The van der Waals surface area contributed by atoms with Gasteiger partial charge in [-0.2, -0.15) is 0 Å². The first-order valence-corrected chi connectivity index (χ1v) is 15.4. The van der Waals surface area contributed by atoms with E-state index in [-0.39, 0.29) is 17.9 Å². The summed E-state index contributed by atoms with van der Waals surface area (Å²) in [6.07, 6.45) is 0.930. The fourth-order valence-electron chi connectivity index (χ4n) is 6.34. The fraction of sp³-hybridized carbons (Fsp3) is 0.200. The first-order chi connectivity index (χ1) is 21.0. The van der Waals surface area contributed by atoms with E-state index in [9.17, 15) is 4.79 Å². The van der Waals surface area contributed by atoms with Gasteiger partial charge in [-0.05, 0) is 72.1 Å². The molecule has 0 aliphatic carbocycles. The summed E-state index contributed by atoms with van der Waals surface area (Å²) >= 11 is 7.90. The van der Waals surface area contributed by atoms with Gasteiger partial charge in [0, 0.05) is 34.3 Å². The fourth-order valence-corrected chi connectivity index (χ4v) is 7.64. The van der Waals surface area contributed by atoms with E-state index >= 15 is 0 Å². The summed E-state index contributed by atoms with van der Waals surface area (Å²) in [6.45, 7) is 0.781. The Bertz CT molecular complexity index is 1770. The molecule has 0 bridgehead atoms. The zero-order valence-corrected chi connectivity index (χ0v) is 25.4. The zero-order chi connectivity index (χ0) is 29.5. The van der Waals surface area contributed by atoms with E-state index < -0.39 is 0 Å². The summed E-state index contributed by atoms with van der Waals surface area (Å²) in [4.78, 5) is 22.2. The predicted molar refractivity (Wildman–Crippen MR) is 173 cm³/mol. The Balaban J connectivity index is 1.33. The van der Waals surface area contributed by atoms with Crippen LogP contribution in [-0.2, 0) is 0 Å². The van der Waals surface area contributed by atoms with Crippen molar-refractivity contribution in [1.82, 2.24) is 4.98 Å². The normalized spacial score (nSPS) is 18.9. The second-order valence-electron chi connectivity index (χ2n) is 10.8. The van der Waals surface area contributed by atoms with Gasteiger partial charge in [-0.25, -0.2) is 4.98 Å². The van der Waals surface area contributed by atoms with Crippen molar-refractivity contribution in [2.45, 2.75) is 24.4 Å². The van der Waals surface area contributed by atoms with Crippen LogP contribution in [0.3, 0.4) is 0 Å². The molecule has 7 rings (SSSR count). The third-order valence-electron chi connectivity index (χ3n) is 8.45. The van der Waals surface area contributed by atoms with E-state index in [1.165, 1.54) is 16.9 Å². The van der Waals surface area contributed by atoms with Crippen LogP contribution in [0.4, 0.5) is 10.8 Å². The lowest BCUT2D eigenvalue weighted by Crippen LogP contribution is -2.46. The number of aromatic nitrogens is 1. The third kappa shape index (κ3) is 5.02. The van der Waals surface area contributed by atoms with Crippen LogP contribution in [0.1, 0.15) is 44.7 Å². The van der Waals surface area contributed by atoms with Gasteiger partial charge in [0.15, 0.2) is 5.13 Å². The lowest BCUT2D eigenvalue weighted by Gasteiger charge is -2.43. The number of nitrogens with zero attached hydrogens (tertiary/aromatic N) is 2. The highest BCUT2D eigenvalue weighted by Crippen LogP contribution is 2.51. The Labute approximate surface area is 259 Å². The number of carbonyl (C=O) groups excluding carboxylic acids is 1. The molecular weight excluding hydrogens is 578 g/mol. The SMILES string of the molecule is COc1ccc(C(=O)c2sc(N3CCC4c5cc(Cl)ccc5NC4C3c3ccc(OC)cc3)nc2-c2ccccc2)cc1. The van der Waals surface area contributed by atoms with Crippen molar-refractivity contribution in [3.05, 3.63) is 124 Å². The molecule has 2 aliphatic rings. The molecule has 0 amide bonds. The van der Waals surface area contributed by atoms with Crippen LogP contribution in [0.5, 0.6) is 11.5 Å². The van der Waals surface area contributed by atoms with E-state index in [0.717, 1.165) is 45.7 Å². The van der Waals surface area contributed by atoms with E-state index in [0.29, 0.717) is 27.8 Å². The van der Waals surface area contributed by atoms with Gasteiger partial charge in [0.25, 0.3) is 0 Å². The minimum Gasteiger partial charge on any atom is -0.497 e. The summed E-state index contributed by atoms with van der Waals surface area (Å²) in [7, 11) is 3.30. The third-order valence-corrected chi connectivity index (χ3v) is 9.78. The number of rotatable bonds is 7. The summed E-state index contributed by atoms with van der Waals surface area (Å²) < 4.78 is 10.8. The van der Waals surface area contributed by atoms with Gasteiger partial charge >= 0.3 is 0 Å². The number of piperidine rings is 1. The first-order valence-electron chi connectivity index (χ1n) is 14.3. The molecule has 2 aliphatic heterocycles. The van der Waals surface area contributed by atoms with Crippen molar-refractivity contribution in [3.63, 3.8) is 0 Å². The number of fused-ring (bicyclic) bond motifs is 3. The van der Waals surface area contributed by atoms with E-state index in [1.54, 1.807) is 14.2 Å². The summed E-state index contributed by atoms with van der Waals surface area (Å²) in [6, 6.07) is 31.7. The number of halogens is 1. The Hall–Kier alpha value is -4.33. The van der Waals surface area contributed by atoms with Gasteiger partial charge in [0.05, 0.1) is 32.0 Å². The summed E-state index contributed by atoms with van der Waals surface area (Å²) in [5.74, 6) is 1.76. The molecule has 4 aromatic carbocycles. The van der Waals surface area contributed by atoms with Gasteiger partial charge in [0.1, 0.15) is 16.4 Å². The standard InChI is InChI=1S/C35H30ClN3O3S/c1-41-25-13-8-22(9-14-25)32-31-27(28-20-24(36)12-17-29(28)37-31)18-19-39(32)35-38-30(21-6-4-3-5-7-21)34(43-35)33(40)23-10-15-26(42-2)16-11-23/h3-17,20,27,31-32,37H,18-19H2,1-2H3. The quantitative estimate of drug-likeness (QED) is 0.188. The second-order valence-corrected chi connectivity index (χ2v) is 12.2. The molecule has 6 nitrogen and oxygen atoms in total. The Morgan fingerprint density at radius 1 is 0.930 bits per heavy atom. The highest BCUT2D eigenvalue weighted by atomic mass is 35.5. The van der Waals surface area contributed by atoms with Crippen molar-refractivity contribution >= 4 is 39.5 Å². The number of methoxy groups -OCH3 is 2. The van der Waals surface area contributed by atoms with Crippen LogP contribution < -0.4 is 19.7 Å². The number of benzene rings is 4. The van der Waals surface area contributed by atoms with Gasteiger partial charge in [-0.3, -0.25) is 4.79 Å². The van der Waals surface area contributed by atoms with Crippen LogP contribution in [0, 0.1) is 0 Å². The lowest BCUT2D eigenvalue weighted by atomic mass is 9.81. The predicted octanol–water partition coefficient (Wildman–Crippen LogP) is 8.24. The average Bonchev–Trinajstić information content (AvgIpc) is 3.66. The highest BCUT2D eigenvalue weighted by Gasteiger charge is 2.45. The number of anilines is 2. The number of ketones is 1. The maximum Gasteiger partial charge on any atom is 0.205 e. The van der Waals surface area contributed by atoms with Crippen LogP contribution in [0.25, 0.3) is 11.3 Å². The van der Waals surface area contributed by atoms with Crippen molar-refractivity contribution in [2.75, 3.05) is 31.0 Å². The second kappa shape index (κ2) is 11.4. The Morgan fingerprint density at radius 3 is 2.33 bits per heavy atom. The molecule has 3 atom stereocenters. The highest BCUT2D eigenvalue weighted by molar-refractivity contribution is 7.18. The molecule has 0 saturated carbocycles. The van der Waals surface area contributed by atoms with Gasteiger partial charge < -0.3 is 19.7 Å². The Kier molecular flexibility index (Phi) is 7.29. The van der Waals surface area contributed by atoms with Crippen molar-refractivity contribution in [1.29, 1.82) is 0 Å². The first kappa shape index (κ1) is 27.5. The Morgan fingerprint density at radius 2 is 1.63 bits per heavy atom. The van der Waals surface area contributed by atoms with Crippen molar-refractivity contribution < 1.29 is 14.3 Å². The average molecular weight is 608 g/mol. The number of hydrogen-bond donors (Lipinski definition) is 1. The van der Waals surface area contributed by atoms with Crippen LogP contribution in [-0.4, -0.2) is 37.6 Å². The summed E-state index contributed by atoms with van der Waals surface area (Å²) in [5, 5.41) is 5.39. The molecule has 5 aromatic rings. The molecule has 3 unspecified atom stereocenters. The molecule has 43 heavy (non-hydrogen) atoms. The van der Waals surface area contributed by atoms with Crippen molar-refractivity contribution in [2.24, 2.45) is 0 Å². The maximum absolute atomic E-state index is 14.0. The maximum atomic E-state index is 14.0. The molecule has 1 N–H and O–H groups in total. The molecular formula is C35H30ClN3O3S. The smallest absolute Gasteiger partial charge is 0.205 e. The molecule has 3 heterocycles. The largest absolute Gasteiger partial charge is 0.497 e. The van der Waals surface area contributed by atoms with Gasteiger partial charge in [0.2, 0.25) is 5.78 Å². The minimum atomic E-state index is -0.0535. The van der Waals surface area contributed by atoms with Crippen LogP contribution in [0.15, 0.2) is 97.1 Å². The molecule has 1 aromatic heterocycles. The van der Waals surface area contributed by atoms with Crippen molar-refractivity contribution in [3.8, 4) is 22.8 Å². The molecule has 0 radical (unpaired) electrons. The minimum absolute atomic E-state index is 0.0328. The van der Waals surface area contributed by atoms with E-state index in [1.807, 2.05) is 72.8 Å². The topological polar surface area (TPSA) is 63.7 Å². The number of nitrogens with one attached hydrogen (secondary N) is 1. The van der Waals surface area contributed by atoms with E-state index in [2.05, 4.69) is 34.5 Å². The summed E-state index contributed by atoms with van der Waals surface area (Å²) in [5.41, 5.74) is 5.75. The molecule has 1 saturated heterocycles. The number of thiazole rings is 1. The molecule has 0 spiro atoms. The molecule has 216 valence electrons. The number of hydrogen-bond acceptors (Lipinski definition) is 7. The lowest BCUT2D eigenvalue weighted by molar-refractivity contribution is 0.104.